The number of rotatable bonds is 1. The minimum Gasteiger partial charge on any atom is -0.298 e. The van der Waals surface area contributed by atoms with Crippen LogP contribution in [0.5, 0.6) is 0 Å². The van der Waals surface area contributed by atoms with Crippen LogP contribution < -0.4 is 5.48 Å². The first-order valence-corrected chi connectivity index (χ1v) is 8.86. The molecule has 1 aromatic heterocycles. The van der Waals surface area contributed by atoms with E-state index in [1.54, 1.807) is 11.3 Å². The molecule has 4 aliphatic heterocycles. The first-order chi connectivity index (χ1) is 10.7. The third kappa shape index (κ3) is 1.79. The topological polar surface area (TPSA) is 36.9 Å². The largest absolute Gasteiger partial charge is 0.298 e. The number of benzene rings is 1. The molecule has 0 amide bonds. The van der Waals surface area contributed by atoms with E-state index < -0.39 is 0 Å². The molecule has 1 unspecified atom stereocenters. The van der Waals surface area contributed by atoms with Crippen molar-refractivity contribution in [2.75, 3.05) is 19.6 Å². The summed E-state index contributed by atoms with van der Waals surface area (Å²) in [5.74, 6) is 1.44. The molecular formula is C17H19N3OS. The molecule has 0 saturated carbocycles. The summed E-state index contributed by atoms with van der Waals surface area (Å²) in [7, 11) is 0. The van der Waals surface area contributed by atoms with Crippen LogP contribution in [0.25, 0.3) is 10.1 Å². The SMILES string of the molecule is Cc1csc2cc(C3=NC4(CN5CCC4CC5)ON3)ccc12. The highest BCUT2D eigenvalue weighted by molar-refractivity contribution is 7.17. The van der Waals surface area contributed by atoms with E-state index in [9.17, 15) is 0 Å². The molecule has 6 rings (SSSR count). The number of amidine groups is 1. The van der Waals surface area contributed by atoms with Crippen LogP contribution in [0.3, 0.4) is 0 Å². The monoisotopic (exact) mass is 313 g/mol. The van der Waals surface area contributed by atoms with E-state index in [0.29, 0.717) is 5.92 Å². The van der Waals surface area contributed by atoms with E-state index in [4.69, 9.17) is 9.83 Å². The average molecular weight is 313 g/mol. The van der Waals surface area contributed by atoms with Gasteiger partial charge in [0.1, 0.15) is 0 Å². The van der Waals surface area contributed by atoms with Gasteiger partial charge in [-0.15, -0.1) is 11.3 Å². The molecule has 1 aromatic carbocycles. The highest BCUT2D eigenvalue weighted by Gasteiger charge is 2.51. The molecule has 0 aliphatic carbocycles. The Morgan fingerprint density at radius 3 is 3.00 bits per heavy atom. The van der Waals surface area contributed by atoms with Crippen LogP contribution in [0, 0.1) is 12.8 Å². The molecule has 22 heavy (non-hydrogen) atoms. The minimum absolute atomic E-state index is 0.355. The summed E-state index contributed by atoms with van der Waals surface area (Å²) in [5, 5.41) is 3.55. The minimum atomic E-state index is -0.355. The van der Waals surface area contributed by atoms with Crippen LogP contribution in [-0.4, -0.2) is 36.1 Å². The molecule has 4 nitrogen and oxygen atoms in total. The number of thiophene rings is 1. The van der Waals surface area contributed by atoms with E-state index in [0.717, 1.165) is 17.9 Å². The second-order valence-corrected chi connectivity index (χ2v) is 7.60. The van der Waals surface area contributed by atoms with Crippen LogP contribution in [0.1, 0.15) is 24.0 Å². The molecule has 3 saturated heterocycles. The first-order valence-electron chi connectivity index (χ1n) is 7.98. The summed E-state index contributed by atoms with van der Waals surface area (Å²) < 4.78 is 1.31. The van der Waals surface area contributed by atoms with Crippen molar-refractivity contribution in [1.29, 1.82) is 0 Å². The van der Waals surface area contributed by atoms with Crippen molar-refractivity contribution in [1.82, 2.24) is 10.4 Å². The molecular weight excluding hydrogens is 294 g/mol. The maximum Gasteiger partial charge on any atom is 0.202 e. The Morgan fingerprint density at radius 1 is 1.36 bits per heavy atom. The van der Waals surface area contributed by atoms with Crippen LogP contribution in [0.15, 0.2) is 28.6 Å². The highest BCUT2D eigenvalue weighted by atomic mass is 32.1. The van der Waals surface area contributed by atoms with Crippen molar-refractivity contribution >= 4 is 27.3 Å². The van der Waals surface area contributed by atoms with E-state index in [1.165, 1.54) is 41.6 Å². The normalized spacial score (nSPS) is 33.4. The third-order valence-corrected chi connectivity index (χ3v) is 6.41. The predicted molar refractivity (Wildman–Crippen MR) is 89.2 cm³/mol. The Hall–Kier alpha value is -1.43. The van der Waals surface area contributed by atoms with Crippen LogP contribution in [-0.2, 0) is 4.84 Å². The van der Waals surface area contributed by atoms with Crippen molar-refractivity contribution in [2.45, 2.75) is 25.5 Å². The van der Waals surface area contributed by atoms with Crippen molar-refractivity contribution < 1.29 is 4.84 Å². The van der Waals surface area contributed by atoms with Crippen LogP contribution in [0.4, 0.5) is 0 Å². The van der Waals surface area contributed by atoms with Crippen molar-refractivity contribution in [2.24, 2.45) is 10.9 Å². The lowest BCUT2D eigenvalue weighted by Crippen LogP contribution is -2.58. The Balaban J connectivity index is 1.53. The lowest BCUT2D eigenvalue weighted by molar-refractivity contribution is -0.155. The van der Waals surface area contributed by atoms with Gasteiger partial charge in [0.05, 0.1) is 6.54 Å². The van der Waals surface area contributed by atoms with Gasteiger partial charge >= 0.3 is 0 Å². The van der Waals surface area contributed by atoms with Crippen molar-refractivity contribution in [3.63, 3.8) is 0 Å². The van der Waals surface area contributed by atoms with E-state index in [-0.39, 0.29) is 5.72 Å². The lowest BCUT2D eigenvalue weighted by atomic mass is 9.81. The molecule has 114 valence electrons. The molecule has 1 N–H and O–H groups in total. The smallest absolute Gasteiger partial charge is 0.202 e. The Morgan fingerprint density at radius 2 is 2.23 bits per heavy atom. The summed E-state index contributed by atoms with van der Waals surface area (Å²) >= 11 is 1.79. The molecule has 2 aromatic rings. The molecule has 4 aliphatic rings. The van der Waals surface area contributed by atoms with Gasteiger partial charge in [-0.05, 0) is 55.3 Å². The van der Waals surface area contributed by atoms with Gasteiger partial charge in [0.15, 0.2) is 5.84 Å². The number of nitrogens with one attached hydrogen (secondary N) is 1. The quantitative estimate of drug-likeness (QED) is 0.879. The van der Waals surface area contributed by atoms with Gasteiger partial charge < -0.3 is 0 Å². The maximum atomic E-state index is 6.01. The average Bonchev–Trinajstić information content (AvgIpc) is 3.13. The summed E-state index contributed by atoms with van der Waals surface area (Å²) in [6.07, 6.45) is 2.39. The van der Waals surface area contributed by atoms with Gasteiger partial charge in [0.25, 0.3) is 0 Å². The fourth-order valence-corrected chi connectivity index (χ4v) is 5.02. The number of hydrogen-bond donors (Lipinski definition) is 1. The Kier molecular flexibility index (Phi) is 2.69. The van der Waals surface area contributed by atoms with Crippen molar-refractivity contribution in [3.05, 3.63) is 34.7 Å². The number of aliphatic imine (C=N–C) groups is 1. The summed E-state index contributed by atoms with van der Waals surface area (Å²) in [5.41, 5.74) is 5.24. The van der Waals surface area contributed by atoms with Crippen LogP contribution >= 0.6 is 11.3 Å². The Bertz CT molecular complexity index is 775. The Labute approximate surface area is 133 Å². The molecule has 2 bridgehead atoms. The third-order valence-electron chi connectivity index (χ3n) is 5.34. The lowest BCUT2D eigenvalue weighted by Gasteiger charge is -2.47. The number of piperidine rings is 3. The number of fused-ring (bicyclic) bond motifs is 3. The number of hydroxylamine groups is 1. The van der Waals surface area contributed by atoms with E-state index in [1.807, 2.05) is 0 Å². The van der Waals surface area contributed by atoms with Crippen molar-refractivity contribution in [3.8, 4) is 0 Å². The summed E-state index contributed by atoms with van der Waals surface area (Å²) in [4.78, 5) is 13.5. The number of hydrogen-bond acceptors (Lipinski definition) is 5. The molecule has 5 heterocycles. The maximum absolute atomic E-state index is 6.01. The predicted octanol–water partition coefficient (Wildman–Crippen LogP) is 2.91. The van der Waals surface area contributed by atoms with Gasteiger partial charge in [0, 0.05) is 16.2 Å². The van der Waals surface area contributed by atoms with Crippen LogP contribution in [0.2, 0.25) is 0 Å². The standard InChI is InChI=1S/C17H19N3OS/c1-11-9-22-15-8-12(2-3-14(11)15)16-18-17(21-19-16)10-20-6-4-13(17)5-7-20/h2-3,8-9,13H,4-7,10H2,1H3,(H,18,19). The second-order valence-electron chi connectivity index (χ2n) is 6.69. The fraction of sp³-hybridized carbons (Fsp3) is 0.471. The molecule has 1 atom stereocenters. The van der Waals surface area contributed by atoms with E-state index in [2.05, 4.69) is 40.9 Å². The molecule has 3 fully saturated rings. The number of nitrogens with zero attached hydrogens (tertiary/aromatic N) is 2. The summed E-state index contributed by atoms with van der Waals surface area (Å²) in [6, 6.07) is 6.57. The van der Waals surface area contributed by atoms with Gasteiger partial charge in [0.2, 0.25) is 5.72 Å². The zero-order valence-electron chi connectivity index (χ0n) is 12.6. The van der Waals surface area contributed by atoms with Gasteiger partial charge in [-0.1, -0.05) is 12.1 Å². The highest BCUT2D eigenvalue weighted by Crippen LogP contribution is 2.41. The summed E-state index contributed by atoms with van der Waals surface area (Å²) in [6.45, 7) is 5.48. The number of aryl methyl sites for hydroxylation is 1. The van der Waals surface area contributed by atoms with Gasteiger partial charge in [-0.3, -0.25) is 4.90 Å². The second kappa shape index (κ2) is 4.54. The van der Waals surface area contributed by atoms with Gasteiger partial charge in [-0.2, -0.15) is 0 Å². The molecule has 0 radical (unpaired) electrons. The zero-order valence-corrected chi connectivity index (χ0v) is 13.4. The molecule has 1 spiro atoms. The molecule has 5 heteroatoms. The zero-order chi connectivity index (χ0) is 14.7. The first kappa shape index (κ1) is 13.0. The fourth-order valence-electron chi connectivity index (χ4n) is 4.04. The van der Waals surface area contributed by atoms with E-state index >= 15 is 0 Å². The van der Waals surface area contributed by atoms with Gasteiger partial charge in [-0.25, -0.2) is 15.3 Å².